The largest absolute Gasteiger partial charge is 0.357 e. The van der Waals surface area contributed by atoms with Crippen LogP contribution in [0.1, 0.15) is 49.9 Å². The van der Waals surface area contributed by atoms with Gasteiger partial charge in [0, 0.05) is 40.8 Å². The Morgan fingerprint density at radius 1 is 1.32 bits per heavy atom. The van der Waals surface area contributed by atoms with Crippen molar-refractivity contribution in [3.05, 3.63) is 39.6 Å². The van der Waals surface area contributed by atoms with Gasteiger partial charge < -0.3 is 15.2 Å². The van der Waals surface area contributed by atoms with Crippen LogP contribution in [-0.4, -0.2) is 40.5 Å². The predicted molar refractivity (Wildman–Crippen MR) is 98.9 cm³/mol. The van der Waals surface area contributed by atoms with Crippen molar-refractivity contribution in [2.75, 3.05) is 19.6 Å². The molecule has 1 aliphatic carbocycles. The van der Waals surface area contributed by atoms with Gasteiger partial charge >= 0.3 is 0 Å². The highest BCUT2D eigenvalue weighted by atomic mass is 16.6. The molecule has 6 heteroatoms. The van der Waals surface area contributed by atoms with E-state index >= 15 is 0 Å². The first-order chi connectivity index (χ1) is 12.2. The summed E-state index contributed by atoms with van der Waals surface area (Å²) < 4.78 is 0. The lowest BCUT2D eigenvalue weighted by atomic mass is 9.90. The van der Waals surface area contributed by atoms with Crippen LogP contribution >= 0.6 is 0 Å². The summed E-state index contributed by atoms with van der Waals surface area (Å²) in [6.07, 6.45) is 5.67. The maximum atomic E-state index is 11.1. The second-order valence-electron chi connectivity index (χ2n) is 7.32. The normalized spacial score (nSPS) is 22.2. The van der Waals surface area contributed by atoms with Crippen molar-refractivity contribution in [2.45, 2.75) is 51.1 Å². The summed E-state index contributed by atoms with van der Waals surface area (Å²) in [7, 11) is 0. The van der Waals surface area contributed by atoms with Crippen molar-refractivity contribution in [1.82, 2.24) is 15.2 Å². The number of H-pyrrole nitrogens is 1. The Morgan fingerprint density at radius 2 is 2.12 bits per heavy atom. The fraction of sp³-hybridized carbons (Fsp3) is 0.579. The van der Waals surface area contributed by atoms with Gasteiger partial charge in [-0.05, 0) is 63.4 Å². The summed E-state index contributed by atoms with van der Waals surface area (Å²) in [5.74, 6) is 0. The van der Waals surface area contributed by atoms with E-state index in [1.165, 1.54) is 37.2 Å². The van der Waals surface area contributed by atoms with Crippen LogP contribution in [0.15, 0.2) is 18.2 Å². The molecule has 1 saturated heterocycles. The number of hydrogen-bond donors (Lipinski definition) is 2. The third-order valence-electron chi connectivity index (χ3n) is 5.87. The number of likely N-dealkylation sites (tertiary alicyclic amines) is 1. The van der Waals surface area contributed by atoms with E-state index in [0.717, 1.165) is 36.7 Å². The molecule has 1 aromatic heterocycles. The number of fused-ring (bicyclic) bond motifs is 3. The van der Waals surface area contributed by atoms with E-state index in [-0.39, 0.29) is 10.6 Å². The molecule has 0 radical (unpaired) electrons. The van der Waals surface area contributed by atoms with Crippen LogP contribution in [0.4, 0.5) is 5.69 Å². The monoisotopic (exact) mass is 342 g/mol. The highest BCUT2D eigenvalue weighted by molar-refractivity contribution is 5.87. The first-order valence-corrected chi connectivity index (χ1v) is 9.43. The van der Waals surface area contributed by atoms with Gasteiger partial charge in [-0.2, -0.15) is 0 Å². The van der Waals surface area contributed by atoms with Crippen molar-refractivity contribution >= 4 is 16.6 Å². The lowest BCUT2D eigenvalue weighted by Crippen LogP contribution is -2.44. The quantitative estimate of drug-likeness (QED) is 0.658. The van der Waals surface area contributed by atoms with E-state index in [4.69, 9.17) is 0 Å². The molecule has 6 nitrogen and oxygen atoms in total. The van der Waals surface area contributed by atoms with Gasteiger partial charge in [0.1, 0.15) is 0 Å². The van der Waals surface area contributed by atoms with Crippen molar-refractivity contribution in [1.29, 1.82) is 0 Å². The minimum Gasteiger partial charge on any atom is -0.357 e. The van der Waals surface area contributed by atoms with Crippen LogP contribution in [0.25, 0.3) is 10.9 Å². The first kappa shape index (κ1) is 16.5. The number of nitro groups is 1. The Bertz CT molecular complexity index is 777. The minimum atomic E-state index is -0.307. The fourth-order valence-corrected chi connectivity index (χ4v) is 4.43. The molecule has 2 N–H and O–H groups in total. The molecule has 0 spiro atoms. The van der Waals surface area contributed by atoms with Crippen LogP contribution in [0.3, 0.4) is 0 Å². The molecule has 1 aliphatic heterocycles. The van der Waals surface area contributed by atoms with Gasteiger partial charge in [-0.1, -0.05) is 6.92 Å². The molecule has 0 bridgehead atoms. The highest BCUT2D eigenvalue weighted by Gasteiger charge is 2.28. The van der Waals surface area contributed by atoms with Gasteiger partial charge in [0.05, 0.1) is 4.92 Å². The molecule has 4 rings (SSSR count). The number of aromatic amines is 1. The summed E-state index contributed by atoms with van der Waals surface area (Å²) in [6.45, 7) is 5.71. The van der Waals surface area contributed by atoms with E-state index in [0.29, 0.717) is 12.1 Å². The maximum absolute atomic E-state index is 11.1. The molecule has 1 aromatic carbocycles. The zero-order valence-electron chi connectivity index (χ0n) is 14.8. The molecular formula is C19H26N4O2. The average Bonchev–Trinajstić information content (AvgIpc) is 3.01. The number of aromatic nitrogens is 1. The topological polar surface area (TPSA) is 74.2 Å². The first-order valence-electron chi connectivity index (χ1n) is 9.43. The van der Waals surface area contributed by atoms with E-state index in [2.05, 4.69) is 22.1 Å². The van der Waals surface area contributed by atoms with Crippen molar-refractivity contribution in [3.8, 4) is 0 Å². The van der Waals surface area contributed by atoms with E-state index in [9.17, 15) is 10.1 Å². The highest BCUT2D eigenvalue weighted by Crippen LogP contribution is 2.36. The third kappa shape index (κ3) is 3.16. The molecule has 1 fully saturated rings. The number of non-ortho nitro benzene ring substituents is 1. The maximum Gasteiger partial charge on any atom is 0.270 e. The smallest absolute Gasteiger partial charge is 0.270 e. The Morgan fingerprint density at radius 3 is 2.84 bits per heavy atom. The lowest BCUT2D eigenvalue weighted by molar-refractivity contribution is -0.384. The fourth-order valence-electron chi connectivity index (χ4n) is 4.43. The van der Waals surface area contributed by atoms with Gasteiger partial charge in [-0.15, -0.1) is 0 Å². The van der Waals surface area contributed by atoms with Gasteiger partial charge in [-0.3, -0.25) is 10.1 Å². The van der Waals surface area contributed by atoms with Crippen molar-refractivity contribution in [2.24, 2.45) is 0 Å². The predicted octanol–water partition coefficient (Wildman–Crippen LogP) is 3.53. The molecule has 0 saturated carbocycles. The number of piperidine rings is 1. The molecule has 0 unspecified atom stereocenters. The van der Waals surface area contributed by atoms with Gasteiger partial charge in [0.25, 0.3) is 5.69 Å². The molecule has 2 aromatic rings. The Labute approximate surface area is 147 Å². The van der Waals surface area contributed by atoms with Gasteiger partial charge in [0.2, 0.25) is 0 Å². The molecule has 0 amide bonds. The summed E-state index contributed by atoms with van der Waals surface area (Å²) in [6, 6.07) is 6.08. The summed E-state index contributed by atoms with van der Waals surface area (Å²) in [4.78, 5) is 16.8. The van der Waals surface area contributed by atoms with Crippen LogP contribution in [0.2, 0.25) is 0 Å². The Balaban J connectivity index is 1.57. The van der Waals surface area contributed by atoms with Crippen LogP contribution in [0, 0.1) is 10.1 Å². The minimum absolute atomic E-state index is 0.177. The standard InChI is InChI=1S/C19H26N4O2/c1-2-22-10-8-13(9-11-22)20-18-5-3-4-15-16-12-14(23(24)25)6-7-17(16)21-19(15)18/h6-7,12-13,18,20-21H,2-5,8-11H2,1H3/t18-/m1/s1. The molecule has 134 valence electrons. The lowest BCUT2D eigenvalue weighted by Gasteiger charge is -2.35. The molecule has 2 heterocycles. The van der Waals surface area contributed by atoms with E-state index in [1.807, 2.05) is 6.07 Å². The van der Waals surface area contributed by atoms with Crippen LogP contribution in [0.5, 0.6) is 0 Å². The van der Waals surface area contributed by atoms with Gasteiger partial charge in [-0.25, -0.2) is 0 Å². The second kappa shape index (κ2) is 6.77. The van der Waals surface area contributed by atoms with E-state index < -0.39 is 0 Å². The average molecular weight is 342 g/mol. The van der Waals surface area contributed by atoms with Gasteiger partial charge in [0.15, 0.2) is 0 Å². The zero-order valence-corrected chi connectivity index (χ0v) is 14.8. The number of nitrogens with one attached hydrogen (secondary N) is 2. The van der Waals surface area contributed by atoms with Crippen molar-refractivity contribution < 1.29 is 4.92 Å². The second-order valence-corrected chi connectivity index (χ2v) is 7.32. The third-order valence-corrected chi connectivity index (χ3v) is 5.87. The number of benzene rings is 1. The zero-order chi connectivity index (χ0) is 17.4. The summed E-state index contributed by atoms with van der Waals surface area (Å²) in [5.41, 5.74) is 3.72. The SMILES string of the molecule is CCN1CCC(N[C@@H]2CCCc3c2[nH]c2ccc([N+](=O)[O-])cc32)CC1. The number of hydrogen-bond acceptors (Lipinski definition) is 4. The number of rotatable bonds is 4. The summed E-state index contributed by atoms with van der Waals surface area (Å²) in [5, 5.41) is 16.0. The van der Waals surface area contributed by atoms with Crippen molar-refractivity contribution in [3.63, 3.8) is 0 Å². The Kier molecular flexibility index (Phi) is 4.48. The number of nitro benzene ring substituents is 1. The van der Waals surface area contributed by atoms with Crippen LogP contribution < -0.4 is 5.32 Å². The number of aryl methyl sites for hydroxylation is 1. The van der Waals surface area contributed by atoms with E-state index in [1.54, 1.807) is 12.1 Å². The molecule has 25 heavy (non-hydrogen) atoms. The Hall–Kier alpha value is -1.92. The molecule has 2 aliphatic rings. The van der Waals surface area contributed by atoms with Crippen LogP contribution in [-0.2, 0) is 6.42 Å². The summed E-state index contributed by atoms with van der Waals surface area (Å²) >= 11 is 0. The number of nitrogens with zero attached hydrogens (tertiary/aromatic N) is 2. The molecule has 1 atom stereocenters. The molecular weight excluding hydrogens is 316 g/mol.